The number of hydrogen-bond acceptors (Lipinski definition) is 4. The van der Waals surface area contributed by atoms with Gasteiger partial charge >= 0.3 is 6.98 Å². The van der Waals surface area contributed by atoms with E-state index in [0.29, 0.717) is 0 Å². The van der Waals surface area contributed by atoms with Crippen LogP contribution in [0.3, 0.4) is 0 Å². The van der Waals surface area contributed by atoms with Gasteiger partial charge in [-0.1, -0.05) is 0 Å². The fourth-order valence-corrected chi connectivity index (χ4v) is 0.750. The molecule has 0 unspecified atom stereocenters. The number of rotatable bonds is 0. The van der Waals surface area contributed by atoms with Gasteiger partial charge in [-0.05, 0) is 7.05 Å². The summed E-state index contributed by atoms with van der Waals surface area (Å²) in [5, 5.41) is 3.72. The van der Waals surface area contributed by atoms with Gasteiger partial charge < -0.3 is 5.64 Å². The molecular weight excluding hydrogens is 115 g/mol. The van der Waals surface area contributed by atoms with Crippen molar-refractivity contribution in [3.05, 3.63) is 6.44 Å². The van der Waals surface area contributed by atoms with Gasteiger partial charge in [-0.25, -0.2) is 5.01 Å². The molecule has 1 aliphatic rings. The Morgan fingerprint density at radius 2 is 1.89 bits per heavy atom. The van der Waals surface area contributed by atoms with Crippen LogP contribution in [0.25, 0.3) is 0 Å². The van der Waals surface area contributed by atoms with Gasteiger partial charge in [-0.2, -0.15) is 5.12 Å². The van der Waals surface area contributed by atoms with Crippen molar-refractivity contribution in [2.24, 2.45) is 5.64 Å². The zero-order valence-corrected chi connectivity index (χ0v) is 6.00. The number of nitrogens with zero attached hydrogens (tertiary/aromatic N) is 3. The van der Waals surface area contributed by atoms with E-state index in [1.807, 2.05) is 36.2 Å². The van der Waals surface area contributed by atoms with Gasteiger partial charge in [-0.3, -0.25) is 4.92 Å². The Balaban J connectivity index is 2.54. The quantitative estimate of drug-likeness (QED) is 0.407. The van der Waals surface area contributed by atoms with Crippen molar-refractivity contribution in [1.82, 2.24) is 15.0 Å². The summed E-state index contributed by atoms with van der Waals surface area (Å²) in [5.74, 6) is 0. The maximum atomic E-state index is 5.59. The van der Waals surface area contributed by atoms with Crippen molar-refractivity contribution in [1.29, 1.82) is 0 Å². The Morgan fingerprint density at radius 3 is 2.00 bits per heavy atom. The van der Waals surface area contributed by atoms with Crippen LogP contribution in [0.15, 0.2) is 0 Å². The molecule has 1 fully saturated rings. The van der Waals surface area contributed by atoms with Crippen LogP contribution in [0.5, 0.6) is 0 Å². The molecule has 0 atom stereocenters. The van der Waals surface area contributed by atoms with E-state index in [2.05, 4.69) is 6.44 Å². The van der Waals surface area contributed by atoms with E-state index in [9.17, 15) is 0 Å². The van der Waals surface area contributed by atoms with Gasteiger partial charge in [0.25, 0.3) is 0 Å². The SMILES string of the molecule is CN1[C]B(N)N(C)N1C. The van der Waals surface area contributed by atoms with Crippen LogP contribution in [-0.2, 0) is 0 Å². The van der Waals surface area contributed by atoms with E-state index in [-0.39, 0.29) is 6.98 Å². The maximum absolute atomic E-state index is 5.59. The molecule has 0 bridgehead atoms. The summed E-state index contributed by atoms with van der Waals surface area (Å²) in [6.07, 6.45) is 2.98. The lowest BCUT2D eigenvalue weighted by atomic mass is 9.79. The molecule has 0 aromatic carbocycles. The Morgan fingerprint density at radius 1 is 1.33 bits per heavy atom. The van der Waals surface area contributed by atoms with E-state index in [1.165, 1.54) is 0 Å². The summed E-state index contributed by atoms with van der Waals surface area (Å²) < 4.78 is 0. The van der Waals surface area contributed by atoms with Gasteiger partial charge in [-0.15, -0.1) is 0 Å². The summed E-state index contributed by atoms with van der Waals surface area (Å²) in [6.45, 7) is -0.0972. The topological polar surface area (TPSA) is 35.7 Å². The zero-order chi connectivity index (χ0) is 7.02. The van der Waals surface area contributed by atoms with Crippen molar-refractivity contribution in [2.45, 2.75) is 0 Å². The first-order valence-corrected chi connectivity index (χ1v) is 2.85. The summed E-state index contributed by atoms with van der Waals surface area (Å²) in [4.78, 5) is 1.89. The summed E-state index contributed by atoms with van der Waals surface area (Å²) in [7, 11) is 5.75. The normalized spacial score (nSPS) is 26.0. The molecule has 0 spiro atoms. The minimum Gasteiger partial charge on any atom is -0.353 e. The standard InChI is InChI=1S/C4H11BN4/c1-7-4-5(6)8(2)9(7)3/h6H2,1-3H3. The average molecular weight is 126 g/mol. The third-order valence-corrected chi connectivity index (χ3v) is 1.61. The zero-order valence-electron chi connectivity index (χ0n) is 6.00. The molecule has 1 heterocycles. The van der Waals surface area contributed by atoms with Gasteiger partial charge in [0.2, 0.25) is 0 Å². The smallest absolute Gasteiger partial charge is 0.346 e. The molecule has 4 nitrogen and oxygen atoms in total. The highest BCUT2D eigenvalue weighted by molar-refractivity contribution is 6.56. The highest BCUT2D eigenvalue weighted by atomic mass is 15.9. The molecule has 0 aromatic heterocycles. The third kappa shape index (κ3) is 1.09. The largest absolute Gasteiger partial charge is 0.353 e. The van der Waals surface area contributed by atoms with E-state index in [1.54, 1.807) is 0 Å². The average Bonchev–Trinajstić information content (AvgIpc) is 1.98. The maximum Gasteiger partial charge on any atom is 0.346 e. The number of nitrogens with two attached hydrogens (primary N) is 1. The second-order valence-electron chi connectivity index (χ2n) is 2.16. The molecular formula is C4H11BN4. The Labute approximate surface area is 56.3 Å². The van der Waals surface area contributed by atoms with Gasteiger partial charge in [0.1, 0.15) is 0 Å². The summed E-state index contributed by atoms with van der Waals surface area (Å²) >= 11 is 0. The molecule has 2 radical (unpaired) electrons. The number of hydrogen-bond donors (Lipinski definition) is 1. The molecule has 1 aliphatic heterocycles. The highest BCUT2D eigenvalue weighted by Gasteiger charge is 2.32. The second kappa shape index (κ2) is 2.26. The van der Waals surface area contributed by atoms with Crippen molar-refractivity contribution in [3.63, 3.8) is 0 Å². The Hall–Kier alpha value is -0.0951. The van der Waals surface area contributed by atoms with Crippen LogP contribution in [0.4, 0.5) is 0 Å². The minimum atomic E-state index is -0.0972. The van der Waals surface area contributed by atoms with E-state index in [0.717, 1.165) is 0 Å². The van der Waals surface area contributed by atoms with Gasteiger partial charge in [0.05, 0.1) is 6.44 Å². The fourth-order valence-electron chi connectivity index (χ4n) is 0.750. The lowest BCUT2D eigenvalue weighted by Gasteiger charge is -2.24. The molecule has 2 N–H and O–H groups in total. The van der Waals surface area contributed by atoms with E-state index in [4.69, 9.17) is 5.64 Å². The fraction of sp³-hybridized carbons (Fsp3) is 0.750. The number of hydrazine groups is 2. The first-order valence-electron chi connectivity index (χ1n) is 2.85. The monoisotopic (exact) mass is 126 g/mol. The van der Waals surface area contributed by atoms with Gasteiger partial charge in [0, 0.05) is 14.1 Å². The lowest BCUT2D eigenvalue weighted by Crippen LogP contribution is -2.45. The van der Waals surface area contributed by atoms with Gasteiger partial charge in [0.15, 0.2) is 0 Å². The first-order chi connectivity index (χ1) is 4.13. The van der Waals surface area contributed by atoms with Crippen LogP contribution >= 0.6 is 0 Å². The Kier molecular flexibility index (Phi) is 1.76. The molecule has 50 valence electrons. The molecule has 9 heavy (non-hydrogen) atoms. The molecule has 0 aliphatic carbocycles. The summed E-state index contributed by atoms with van der Waals surface area (Å²) in [6, 6.07) is 0. The highest BCUT2D eigenvalue weighted by Crippen LogP contribution is 2.08. The molecule has 5 heteroatoms. The molecule has 1 saturated heterocycles. The first kappa shape index (κ1) is 7.02. The molecule has 0 amide bonds. The van der Waals surface area contributed by atoms with Crippen molar-refractivity contribution in [2.75, 3.05) is 21.1 Å². The lowest BCUT2D eigenvalue weighted by molar-refractivity contribution is -0.0378. The van der Waals surface area contributed by atoms with Crippen LogP contribution in [0, 0.1) is 6.44 Å². The van der Waals surface area contributed by atoms with Crippen LogP contribution in [0.1, 0.15) is 0 Å². The Bertz CT molecular complexity index is 96.7. The van der Waals surface area contributed by atoms with Crippen molar-refractivity contribution >= 4 is 6.98 Å². The molecule has 1 rings (SSSR count). The third-order valence-electron chi connectivity index (χ3n) is 1.61. The minimum absolute atomic E-state index is 0.0972. The van der Waals surface area contributed by atoms with Crippen LogP contribution in [0.2, 0.25) is 0 Å². The van der Waals surface area contributed by atoms with E-state index >= 15 is 0 Å². The molecule has 0 saturated carbocycles. The van der Waals surface area contributed by atoms with Crippen molar-refractivity contribution in [3.8, 4) is 0 Å². The predicted octanol–water partition coefficient (Wildman–Crippen LogP) is -1.35. The van der Waals surface area contributed by atoms with Crippen LogP contribution < -0.4 is 5.64 Å². The van der Waals surface area contributed by atoms with Crippen LogP contribution in [-0.4, -0.2) is 43.2 Å². The van der Waals surface area contributed by atoms with Crippen molar-refractivity contribution < 1.29 is 0 Å². The predicted molar refractivity (Wildman–Crippen MR) is 36.5 cm³/mol. The second-order valence-corrected chi connectivity index (χ2v) is 2.16. The van der Waals surface area contributed by atoms with E-state index < -0.39 is 0 Å². The summed E-state index contributed by atoms with van der Waals surface area (Å²) in [5.41, 5.74) is 5.59. The molecule has 0 aromatic rings.